The van der Waals surface area contributed by atoms with Gasteiger partial charge in [0.15, 0.2) is 5.58 Å². The zero-order valence-electron chi connectivity index (χ0n) is 9.26. The zero-order chi connectivity index (χ0) is 12.5. The molecule has 0 atom stereocenters. The van der Waals surface area contributed by atoms with Gasteiger partial charge in [-0.1, -0.05) is 12.1 Å². The number of hydrogen-bond acceptors (Lipinski definition) is 4. The number of nitrogens with zero attached hydrogens (tertiary/aromatic N) is 1. The molecule has 0 aliphatic heterocycles. The summed E-state index contributed by atoms with van der Waals surface area (Å²) in [7, 11) is 0. The van der Waals surface area contributed by atoms with Crippen molar-refractivity contribution in [2.45, 2.75) is 10.1 Å². The number of oxazole rings is 1. The van der Waals surface area contributed by atoms with Gasteiger partial charge in [0, 0.05) is 5.69 Å². The number of benzene rings is 2. The molecule has 0 unspecified atom stereocenters. The van der Waals surface area contributed by atoms with Gasteiger partial charge in [-0.25, -0.2) is 9.37 Å². The van der Waals surface area contributed by atoms with Crippen LogP contribution in [0.1, 0.15) is 0 Å². The highest BCUT2D eigenvalue weighted by Gasteiger charge is 2.10. The first-order valence-corrected chi connectivity index (χ1v) is 6.12. The normalized spacial score (nSPS) is 10.9. The summed E-state index contributed by atoms with van der Waals surface area (Å²) in [6.07, 6.45) is 0. The molecule has 5 heteroatoms. The Morgan fingerprint density at radius 3 is 2.78 bits per heavy atom. The van der Waals surface area contributed by atoms with Gasteiger partial charge >= 0.3 is 0 Å². The minimum Gasteiger partial charge on any atom is -0.431 e. The van der Waals surface area contributed by atoms with E-state index in [2.05, 4.69) is 4.98 Å². The molecule has 0 saturated heterocycles. The molecule has 0 radical (unpaired) electrons. The molecular weight excluding hydrogens is 251 g/mol. The summed E-state index contributed by atoms with van der Waals surface area (Å²) in [6, 6.07) is 12.0. The lowest BCUT2D eigenvalue weighted by atomic mass is 10.3. The zero-order valence-corrected chi connectivity index (χ0v) is 10.1. The van der Waals surface area contributed by atoms with Crippen molar-refractivity contribution in [3.8, 4) is 0 Å². The first-order chi connectivity index (χ1) is 8.72. The molecule has 90 valence electrons. The second-order valence-corrected chi connectivity index (χ2v) is 4.73. The van der Waals surface area contributed by atoms with Crippen LogP contribution < -0.4 is 5.73 Å². The smallest absolute Gasteiger partial charge is 0.261 e. The van der Waals surface area contributed by atoms with Crippen molar-refractivity contribution in [2.24, 2.45) is 0 Å². The lowest BCUT2D eigenvalue weighted by Gasteiger charge is -2.00. The Morgan fingerprint density at radius 1 is 1.17 bits per heavy atom. The number of anilines is 1. The fraction of sp³-hybridized carbons (Fsp3) is 0. The number of halogens is 1. The first-order valence-electron chi connectivity index (χ1n) is 5.31. The average Bonchev–Trinajstić information content (AvgIpc) is 2.75. The molecule has 0 saturated carbocycles. The Balaban J connectivity index is 1.96. The summed E-state index contributed by atoms with van der Waals surface area (Å²) in [5, 5.41) is 0.417. The minimum atomic E-state index is -0.373. The molecule has 2 N–H and O–H groups in total. The predicted molar refractivity (Wildman–Crippen MR) is 68.9 cm³/mol. The maximum absolute atomic E-state index is 13.6. The van der Waals surface area contributed by atoms with Crippen molar-refractivity contribution in [3.05, 3.63) is 48.3 Å². The van der Waals surface area contributed by atoms with Crippen molar-refractivity contribution in [1.29, 1.82) is 0 Å². The Bertz CT molecular complexity index is 678. The van der Waals surface area contributed by atoms with Gasteiger partial charge in [-0.3, -0.25) is 0 Å². The topological polar surface area (TPSA) is 52.0 Å². The number of aromatic nitrogens is 1. The van der Waals surface area contributed by atoms with Gasteiger partial charge in [0.25, 0.3) is 5.22 Å². The highest BCUT2D eigenvalue weighted by atomic mass is 32.2. The molecule has 0 amide bonds. The summed E-state index contributed by atoms with van der Waals surface area (Å²) < 4.78 is 19.1. The standard InChI is InChI=1S/C13H9FN2OS/c14-9-7-8(15)5-6-12(9)18-13-16-10-3-1-2-4-11(10)17-13/h1-7H,15H2. The molecule has 0 fully saturated rings. The van der Waals surface area contributed by atoms with E-state index in [4.69, 9.17) is 10.2 Å². The fourth-order valence-corrected chi connectivity index (χ4v) is 2.34. The van der Waals surface area contributed by atoms with Crippen LogP contribution in [0.15, 0.2) is 57.0 Å². The van der Waals surface area contributed by atoms with Gasteiger partial charge in [-0.2, -0.15) is 0 Å². The van der Waals surface area contributed by atoms with E-state index in [-0.39, 0.29) is 5.82 Å². The number of hydrogen-bond donors (Lipinski definition) is 1. The van der Waals surface area contributed by atoms with Crippen LogP contribution in [0.4, 0.5) is 10.1 Å². The highest BCUT2D eigenvalue weighted by molar-refractivity contribution is 7.99. The Morgan fingerprint density at radius 2 is 2.00 bits per heavy atom. The number of nitrogen functional groups attached to an aromatic ring is 1. The van der Waals surface area contributed by atoms with Crippen LogP contribution in [-0.4, -0.2) is 4.98 Å². The van der Waals surface area contributed by atoms with Gasteiger partial charge in [0.1, 0.15) is 11.3 Å². The van der Waals surface area contributed by atoms with Crippen molar-refractivity contribution in [1.82, 2.24) is 4.98 Å². The maximum atomic E-state index is 13.6. The monoisotopic (exact) mass is 260 g/mol. The SMILES string of the molecule is Nc1ccc(Sc2nc3ccccc3o2)c(F)c1. The lowest BCUT2D eigenvalue weighted by Crippen LogP contribution is -1.87. The molecule has 0 bridgehead atoms. The van der Waals surface area contributed by atoms with Gasteiger partial charge in [0.05, 0.1) is 4.90 Å². The van der Waals surface area contributed by atoms with Gasteiger partial charge < -0.3 is 10.2 Å². The second kappa shape index (κ2) is 4.34. The van der Waals surface area contributed by atoms with Gasteiger partial charge in [0.2, 0.25) is 0 Å². The molecule has 18 heavy (non-hydrogen) atoms. The lowest BCUT2D eigenvalue weighted by molar-refractivity contribution is 0.488. The van der Waals surface area contributed by atoms with Crippen molar-refractivity contribution in [2.75, 3.05) is 5.73 Å². The third-order valence-electron chi connectivity index (χ3n) is 2.43. The molecule has 0 aliphatic carbocycles. The van der Waals surface area contributed by atoms with Crippen LogP contribution in [0.3, 0.4) is 0 Å². The molecule has 3 nitrogen and oxygen atoms in total. The molecule has 1 heterocycles. The summed E-state index contributed by atoms with van der Waals surface area (Å²) >= 11 is 1.14. The van der Waals surface area contributed by atoms with E-state index in [0.29, 0.717) is 21.4 Å². The Kier molecular flexibility index (Phi) is 2.68. The fourth-order valence-electron chi connectivity index (χ4n) is 1.59. The van der Waals surface area contributed by atoms with Crippen molar-refractivity contribution < 1.29 is 8.81 Å². The number of rotatable bonds is 2. The third-order valence-corrected chi connectivity index (χ3v) is 3.33. The Labute approximate surface area is 107 Å². The summed E-state index contributed by atoms with van der Waals surface area (Å²) in [4.78, 5) is 4.71. The second-order valence-electron chi connectivity index (χ2n) is 3.74. The van der Waals surface area contributed by atoms with Crippen LogP contribution in [0, 0.1) is 5.82 Å². The number of para-hydroxylation sites is 2. The van der Waals surface area contributed by atoms with E-state index in [0.717, 1.165) is 17.3 Å². The van der Waals surface area contributed by atoms with Crippen LogP contribution in [-0.2, 0) is 0 Å². The molecule has 2 aromatic carbocycles. The molecule has 1 aromatic heterocycles. The highest BCUT2D eigenvalue weighted by Crippen LogP contribution is 2.32. The van der Waals surface area contributed by atoms with Gasteiger partial charge in [-0.05, 0) is 42.1 Å². The summed E-state index contributed by atoms with van der Waals surface area (Å²) in [5.74, 6) is -0.373. The molecule has 0 aliphatic rings. The maximum Gasteiger partial charge on any atom is 0.261 e. The van der Waals surface area contributed by atoms with Crippen LogP contribution >= 0.6 is 11.8 Å². The van der Waals surface area contributed by atoms with E-state index in [1.54, 1.807) is 12.1 Å². The summed E-state index contributed by atoms with van der Waals surface area (Å²) in [5.41, 5.74) is 7.34. The predicted octanol–water partition coefficient (Wildman–Crippen LogP) is 3.70. The van der Waals surface area contributed by atoms with Gasteiger partial charge in [-0.15, -0.1) is 0 Å². The van der Waals surface area contributed by atoms with Crippen LogP contribution in [0.2, 0.25) is 0 Å². The van der Waals surface area contributed by atoms with E-state index in [1.807, 2.05) is 24.3 Å². The minimum absolute atomic E-state index is 0.373. The van der Waals surface area contributed by atoms with E-state index in [9.17, 15) is 4.39 Å². The van der Waals surface area contributed by atoms with Crippen molar-refractivity contribution in [3.63, 3.8) is 0 Å². The van der Waals surface area contributed by atoms with E-state index >= 15 is 0 Å². The number of fused-ring (bicyclic) bond motifs is 1. The van der Waals surface area contributed by atoms with Crippen molar-refractivity contribution >= 4 is 28.5 Å². The molecule has 0 spiro atoms. The summed E-state index contributed by atoms with van der Waals surface area (Å²) in [6.45, 7) is 0. The molecule has 3 rings (SSSR count). The molecular formula is C13H9FN2OS. The third kappa shape index (κ3) is 2.04. The van der Waals surface area contributed by atoms with E-state index < -0.39 is 0 Å². The largest absolute Gasteiger partial charge is 0.431 e. The Hall–Kier alpha value is -2.01. The van der Waals surface area contributed by atoms with Crippen LogP contribution in [0.5, 0.6) is 0 Å². The number of nitrogens with two attached hydrogens (primary N) is 1. The first kappa shape index (κ1) is 11.1. The van der Waals surface area contributed by atoms with Crippen LogP contribution in [0.25, 0.3) is 11.1 Å². The average molecular weight is 260 g/mol. The quantitative estimate of drug-likeness (QED) is 0.714. The van der Waals surface area contributed by atoms with E-state index in [1.165, 1.54) is 6.07 Å². The molecule has 3 aromatic rings.